The van der Waals surface area contributed by atoms with Crippen LogP contribution in [0.25, 0.3) is 0 Å². The number of hydrogen-bond donors (Lipinski definition) is 1. The molecule has 0 heterocycles. The summed E-state index contributed by atoms with van der Waals surface area (Å²) >= 11 is 0. The summed E-state index contributed by atoms with van der Waals surface area (Å²) in [6.07, 6.45) is -2.79. The molecule has 0 aromatic heterocycles. The van der Waals surface area contributed by atoms with E-state index in [-0.39, 0.29) is 12.6 Å². The van der Waals surface area contributed by atoms with Gasteiger partial charge in [0, 0.05) is 19.3 Å². The Hall–Kier alpha value is -0.330. The highest BCUT2D eigenvalue weighted by atomic mass is 19.4. The van der Waals surface area contributed by atoms with Crippen LogP contribution < -0.4 is 5.32 Å². The highest BCUT2D eigenvalue weighted by molar-refractivity contribution is 4.65. The van der Waals surface area contributed by atoms with Crippen molar-refractivity contribution in [3.8, 4) is 0 Å². The summed E-state index contributed by atoms with van der Waals surface area (Å²) in [6, 6.07) is 0.0554. The summed E-state index contributed by atoms with van der Waals surface area (Å²) in [5.74, 6) is 0. The lowest BCUT2D eigenvalue weighted by molar-refractivity contribution is -0.174. The Bertz CT molecular complexity index is 177. The van der Waals surface area contributed by atoms with Crippen LogP contribution in [0, 0.1) is 0 Å². The quantitative estimate of drug-likeness (QED) is 0.609. The summed E-state index contributed by atoms with van der Waals surface area (Å²) in [7, 11) is 0. The van der Waals surface area contributed by atoms with Gasteiger partial charge in [0.15, 0.2) is 0 Å². The zero-order valence-corrected chi connectivity index (χ0v) is 10.5. The fraction of sp³-hybridized carbons (Fsp3) is 1.00. The summed E-state index contributed by atoms with van der Waals surface area (Å²) in [5.41, 5.74) is 0. The average Bonchev–Trinajstić information content (AvgIpc) is 2.23. The Morgan fingerprint density at radius 2 is 1.82 bits per heavy atom. The van der Waals surface area contributed by atoms with E-state index in [0.29, 0.717) is 19.6 Å². The molecular formula is C11H22F3NO2. The molecule has 1 N–H and O–H groups in total. The van der Waals surface area contributed by atoms with Crippen LogP contribution in [0.3, 0.4) is 0 Å². The minimum atomic E-state index is -4.24. The van der Waals surface area contributed by atoms with Crippen molar-refractivity contribution in [3.63, 3.8) is 0 Å². The van der Waals surface area contributed by atoms with Crippen molar-refractivity contribution in [1.29, 1.82) is 0 Å². The fourth-order valence-electron chi connectivity index (χ4n) is 1.32. The molecule has 0 aliphatic heterocycles. The van der Waals surface area contributed by atoms with Crippen molar-refractivity contribution in [2.24, 2.45) is 0 Å². The van der Waals surface area contributed by atoms with Gasteiger partial charge in [0.1, 0.15) is 6.61 Å². The van der Waals surface area contributed by atoms with Gasteiger partial charge >= 0.3 is 6.18 Å². The predicted molar refractivity (Wildman–Crippen MR) is 60.1 cm³/mol. The number of alkyl halides is 3. The minimum Gasteiger partial charge on any atom is -0.380 e. The van der Waals surface area contributed by atoms with Gasteiger partial charge in [-0.05, 0) is 19.4 Å². The number of nitrogens with one attached hydrogen (secondary N) is 1. The molecule has 0 aromatic carbocycles. The molecule has 0 bridgehead atoms. The Morgan fingerprint density at radius 3 is 2.35 bits per heavy atom. The van der Waals surface area contributed by atoms with Gasteiger partial charge in [0.25, 0.3) is 0 Å². The topological polar surface area (TPSA) is 30.5 Å². The third kappa shape index (κ3) is 11.9. The van der Waals surface area contributed by atoms with Crippen LogP contribution in [-0.2, 0) is 9.47 Å². The van der Waals surface area contributed by atoms with Gasteiger partial charge < -0.3 is 14.8 Å². The van der Waals surface area contributed by atoms with Gasteiger partial charge in [-0.1, -0.05) is 13.8 Å². The zero-order valence-electron chi connectivity index (χ0n) is 10.5. The summed E-state index contributed by atoms with van der Waals surface area (Å²) < 4.78 is 45.3. The molecule has 0 aliphatic rings. The standard InChI is InChI=1S/C11H22F3NO2/c1-3-6-16-8-10(15-4-2)5-7-17-9-11(12,13)14/h10,15H,3-9H2,1-2H3. The molecule has 0 saturated carbocycles. The van der Waals surface area contributed by atoms with E-state index in [1.165, 1.54) is 0 Å². The number of hydrogen-bond acceptors (Lipinski definition) is 3. The zero-order chi connectivity index (χ0) is 13.1. The highest BCUT2D eigenvalue weighted by Gasteiger charge is 2.27. The van der Waals surface area contributed by atoms with E-state index in [1.54, 1.807) is 0 Å². The number of ether oxygens (including phenoxy) is 2. The van der Waals surface area contributed by atoms with Gasteiger partial charge in [-0.15, -0.1) is 0 Å². The van der Waals surface area contributed by atoms with Crippen molar-refractivity contribution >= 4 is 0 Å². The Balaban J connectivity index is 3.61. The average molecular weight is 257 g/mol. The molecule has 0 aliphatic carbocycles. The molecule has 17 heavy (non-hydrogen) atoms. The third-order valence-electron chi connectivity index (χ3n) is 2.04. The molecule has 0 aromatic rings. The van der Waals surface area contributed by atoms with Crippen LogP contribution in [0.5, 0.6) is 0 Å². The van der Waals surface area contributed by atoms with Crippen LogP contribution in [0.15, 0.2) is 0 Å². The maximum atomic E-state index is 11.8. The van der Waals surface area contributed by atoms with E-state index >= 15 is 0 Å². The summed E-state index contributed by atoms with van der Waals surface area (Å²) in [6.45, 7) is 4.81. The first kappa shape index (κ1) is 16.7. The van der Waals surface area contributed by atoms with E-state index in [1.807, 2.05) is 13.8 Å². The highest BCUT2D eigenvalue weighted by Crippen LogP contribution is 2.14. The van der Waals surface area contributed by atoms with Gasteiger partial charge in [0.2, 0.25) is 0 Å². The second kappa shape index (κ2) is 9.67. The second-order valence-electron chi connectivity index (χ2n) is 3.79. The lowest BCUT2D eigenvalue weighted by Gasteiger charge is -2.18. The second-order valence-corrected chi connectivity index (χ2v) is 3.79. The van der Waals surface area contributed by atoms with E-state index in [0.717, 1.165) is 13.0 Å². The lowest BCUT2D eigenvalue weighted by atomic mass is 10.2. The van der Waals surface area contributed by atoms with Crippen molar-refractivity contribution in [2.45, 2.75) is 38.9 Å². The molecule has 104 valence electrons. The van der Waals surface area contributed by atoms with E-state index < -0.39 is 12.8 Å². The molecule has 3 nitrogen and oxygen atoms in total. The molecule has 0 radical (unpaired) electrons. The first-order chi connectivity index (χ1) is 7.99. The van der Waals surface area contributed by atoms with Crippen molar-refractivity contribution in [1.82, 2.24) is 5.32 Å². The Morgan fingerprint density at radius 1 is 1.12 bits per heavy atom. The maximum Gasteiger partial charge on any atom is 0.411 e. The molecule has 0 fully saturated rings. The van der Waals surface area contributed by atoms with E-state index in [9.17, 15) is 13.2 Å². The molecular weight excluding hydrogens is 235 g/mol. The lowest BCUT2D eigenvalue weighted by Crippen LogP contribution is -2.35. The van der Waals surface area contributed by atoms with Gasteiger partial charge in [-0.3, -0.25) is 0 Å². The molecule has 1 unspecified atom stereocenters. The Kier molecular flexibility index (Phi) is 9.49. The van der Waals surface area contributed by atoms with Crippen LogP contribution in [0.2, 0.25) is 0 Å². The molecule has 6 heteroatoms. The summed E-state index contributed by atoms with van der Waals surface area (Å²) in [5, 5.41) is 3.15. The van der Waals surface area contributed by atoms with Crippen molar-refractivity contribution in [3.05, 3.63) is 0 Å². The molecule has 0 rings (SSSR count). The summed E-state index contributed by atoms with van der Waals surface area (Å²) in [4.78, 5) is 0. The van der Waals surface area contributed by atoms with Crippen LogP contribution in [-0.4, -0.2) is 45.2 Å². The molecule has 0 amide bonds. The normalized spacial score (nSPS) is 13.9. The number of rotatable bonds is 10. The molecule has 0 spiro atoms. The van der Waals surface area contributed by atoms with Crippen LogP contribution >= 0.6 is 0 Å². The van der Waals surface area contributed by atoms with E-state index in [2.05, 4.69) is 10.1 Å². The molecule has 1 atom stereocenters. The smallest absolute Gasteiger partial charge is 0.380 e. The van der Waals surface area contributed by atoms with Crippen LogP contribution in [0.1, 0.15) is 26.7 Å². The number of likely N-dealkylation sites (N-methyl/N-ethyl adjacent to an activating group) is 1. The van der Waals surface area contributed by atoms with Gasteiger partial charge in [-0.2, -0.15) is 13.2 Å². The fourth-order valence-corrected chi connectivity index (χ4v) is 1.32. The SMILES string of the molecule is CCCOCC(CCOCC(F)(F)F)NCC. The van der Waals surface area contributed by atoms with Gasteiger partial charge in [-0.25, -0.2) is 0 Å². The predicted octanol–water partition coefficient (Wildman–Crippen LogP) is 2.36. The largest absolute Gasteiger partial charge is 0.411 e. The first-order valence-electron chi connectivity index (χ1n) is 5.95. The van der Waals surface area contributed by atoms with Crippen molar-refractivity contribution in [2.75, 3.05) is 33.0 Å². The number of halogens is 3. The Labute approximate surface area is 101 Å². The van der Waals surface area contributed by atoms with Crippen LogP contribution in [0.4, 0.5) is 13.2 Å². The monoisotopic (exact) mass is 257 g/mol. The maximum absolute atomic E-state index is 11.8. The van der Waals surface area contributed by atoms with Crippen molar-refractivity contribution < 1.29 is 22.6 Å². The molecule has 0 saturated heterocycles. The third-order valence-corrected chi connectivity index (χ3v) is 2.04. The van der Waals surface area contributed by atoms with Gasteiger partial charge in [0.05, 0.1) is 6.61 Å². The van der Waals surface area contributed by atoms with E-state index in [4.69, 9.17) is 4.74 Å². The first-order valence-corrected chi connectivity index (χ1v) is 5.95. The minimum absolute atomic E-state index is 0.0554.